The number of rotatable bonds is 2. The van der Waals surface area contributed by atoms with Gasteiger partial charge in [-0.25, -0.2) is 0 Å². The second-order valence-corrected chi connectivity index (χ2v) is 5.17. The van der Waals surface area contributed by atoms with E-state index in [1.165, 1.54) is 0 Å². The third-order valence-corrected chi connectivity index (χ3v) is 3.69. The van der Waals surface area contributed by atoms with Gasteiger partial charge in [-0.05, 0) is 24.4 Å². The fourth-order valence-corrected chi connectivity index (χ4v) is 2.87. The van der Waals surface area contributed by atoms with Crippen molar-refractivity contribution in [2.24, 2.45) is 5.41 Å². The third-order valence-electron chi connectivity index (χ3n) is 3.69. The molecule has 2 N–H and O–H groups in total. The van der Waals surface area contributed by atoms with E-state index in [2.05, 4.69) is 11.0 Å². The molecule has 1 aliphatic carbocycles. The second-order valence-electron chi connectivity index (χ2n) is 5.17. The van der Waals surface area contributed by atoms with Gasteiger partial charge >= 0.3 is 7.12 Å². The maximum atomic E-state index is 9.39. The van der Waals surface area contributed by atoms with E-state index in [0.717, 1.165) is 31.6 Å². The van der Waals surface area contributed by atoms with Crippen molar-refractivity contribution in [2.75, 3.05) is 13.1 Å². The molecule has 4 nitrogen and oxygen atoms in total. The lowest BCUT2D eigenvalue weighted by Gasteiger charge is -2.33. The average molecular weight is 232 g/mol. The predicted molar refractivity (Wildman–Crippen MR) is 65.5 cm³/mol. The molecule has 1 fully saturated rings. The summed E-state index contributed by atoms with van der Waals surface area (Å²) in [6, 6.07) is 2.17. The van der Waals surface area contributed by atoms with Crippen LogP contribution in [-0.2, 0) is 0 Å². The number of allylic oxidation sites excluding steroid dienone is 3. The quantitative estimate of drug-likeness (QED) is 0.692. The van der Waals surface area contributed by atoms with Crippen LogP contribution in [0.5, 0.6) is 0 Å². The molecule has 0 unspecified atom stereocenters. The molecule has 1 saturated heterocycles. The molecule has 5 heteroatoms. The summed E-state index contributed by atoms with van der Waals surface area (Å²) in [5, 5.41) is 28.0. The molecule has 1 aliphatic heterocycles. The number of nitrogens with zero attached hydrogens (tertiary/aromatic N) is 2. The Morgan fingerprint density at radius 3 is 2.41 bits per heavy atom. The monoisotopic (exact) mass is 232 g/mol. The van der Waals surface area contributed by atoms with Crippen molar-refractivity contribution in [3.05, 3.63) is 22.8 Å². The molecule has 0 saturated carbocycles. The van der Waals surface area contributed by atoms with Crippen LogP contribution >= 0.6 is 0 Å². The third kappa shape index (κ3) is 1.88. The van der Waals surface area contributed by atoms with Crippen LogP contribution in [0.4, 0.5) is 0 Å². The first-order valence-corrected chi connectivity index (χ1v) is 5.96. The minimum absolute atomic E-state index is 0.469. The largest absolute Gasteiger partial charge is 0.485 e. The fraction of sp³-hybridized carbons (Fsp3) is 0.583. The standard InChI is InChI=1S/C12H17BN2O2/c1-12(2)10(13(16)17)7-9(8-14)11(12)15-5-3-4-6-15/h7,16-17H,3-6H2,1-2H3. The van der Waals surface area contributed by atoms with Gasteiger partial charge in [0, 0.05) is 24.2 Å². The first-order chi connectivity index (χ1) is 7.98. The van der Waals surface area contributed by atoms with Crippen LogP contribution in [0.2, 0.25) is 0 Å². The molecular formula is C12H17BN2O2. The van der Waals surface area contributed by atoms with Gasteiger partial charge in [0.2, 0.25) is 0 Å². The number of hydrogen-bond acceptors (Lipinski definition) is 4. The molecule has 2 aliphatic rings. The Kier molecular flexibility index (Phi) is 3.02. The zero-order valence-electron chi connectivity index (χ0n) is 10.3. The van der Waals surface area contributed by atoms with Crippen LogP contribution in [0, 0.1) is 16.7 Å². The summed E-state index contributed by atoms with van der Waals surface area (Å²) >= 11 is 0. The van der Waals surface area contributed by atoms with E-state index in [4.69, 9.17) is 0 Å². The molecule has 0 bridgehead atoms. The molecule has 90 valence electrons. The van der Waals surface area contributed by atoms with Gasteiger partial charge in [0.05, 0.1) is 5.57 Å². The minimum atomic E-state index is -1.49. The van der Waals surface area contributed by atoms with E-state index in [1.807, 2.05) is 13.8 Å². The maximum absolute atomic E-state index is 9.39. The van der Waals surface area contributed by atoms with Gasteiger partial charge in [0.25, 0.3) is 0 Å². The highest BCUT2D eigenvalue weighted by Gasteiger charge is 2.43. The van der Waals surface area contributed by atoms with Gasteiger partial charge in [-0.15, -0.1) is 0 Å². The highest BCUT2D eigenvalue weighted by atomic mass is 16.4. The summed E-state index contributed by atoms with van der Waals surface area (Å²) in [7, 11) is -1.49. The summed E-state index contributed by atoms with van der Waals surface area (Å²) in [6.45, 7) is 5.78. The number of hydrogen-bond donors (Lipinski definition) is 2. The number of nitriles is 1. The molecule has 17 heavy (non-hydrogen) atoms. The smallest absolute Gasteiger partial charge is 0.423 e. The Balaban J connectivity index is 2.41. The molecule has 2 rings (SSSR count). The predicted octanol–water partition coefficient (Wildman–Crippen LogP) is 0.838. The Bertz CT molecular complexity index is 426. The van der Waals surface area contributed by atoms with Gasteiger partial charge in [-0.3, -0.25) is 0 Å². The summed E-state index contributed by atoms with van der Waals surface area (Å²) in [6.07, 6.45) is 3.89. The lowest BCUT2D eigenvalue weighted by atomic mass is 9.65. The lowest BCUT2D eigenvalue weighted by Crippen LogP contribution is -2.34. The van der Waals surface area contributed by atoms with Crippen molar-refractivity contribution in [3.8, 4) is 6.07 Å². The van der Waals surface area contributed by atoms with Crippen LogP contribution < -0.4 is 0 Å². The van der Waals surface area contributed by atoms with Crippen molar-refractivity contribution in [1.82, 2.24) is 4.90 Å². The molecule has 1 heterocycles. The first kappa shape index (κ1) is 12.2. The van der Waals surface area contributed by atoms with Crippen LogP contribution in [0.3, 0.4) is 0 Å². The van der Waals surface area contributed by atoms with Gasteiger partial charge in [-0.1, -0.05) is 13.8 Å². The molecule has 0 spiro atoms. The van der Waals surface area contributed by atoms with Crippen LogP contribution in [0.15, 0.2) is 22.8 Å². The zero-order valence-corrected chi connectivity index (χ0v) is 10.3. The van der Waals surface area contributed by atoms with Gasteiger partial charge in [0.1, 0.15) is 6.07 Å². The van der Waals surface area contributed by atoms with E-state index in [1.54, 1.807) is 6.08 Å². The summed E-state index contributed by atoms with van der Waals surface area (Å²) in [5.74, 6) is 0. The highest BCUT2D eigenvalue weighted by molar-refractivity contribution is 6.51. The van der Waals surface area contributed by atoms with Crippen LogP contribution in [0.1, 0.15) is 26.7 Å². The maximum Gasteiger partial charge on any atom is 0.485 e. The summed E-state index contributed by atoms with van der Waals surface area (Å²) in [5.41, 5.74) is 1.56. The SMILES string of the molecule is CC1(C)C(B(O)O)=CC(C#N)=C1N1CCCC1. The normalized spacial score (nSPS) is 22.8. The van der Waals surface area contributed by atoms with E-state index in [0.29, 0.717) is 11.0 Å². The molecular weight excluding hydrogens is 215 g/mol. The Labute approximate surface area is 102 Å². The van der Waals surface area contributed by atoms with E-state index < -0.39 is 12.5 Å². The van der Waals surface area contributed by atoms with E-state index >= 15 is 0 Å². The molecule has 0 atom stereocenters. The zero-order chi connectivity index (χ0) is 12.6. The minimum Gasteiger partial charge on any atom is -0.423 e. The molecule has 0 aromatic rings. The molecule has 0 aromatic heterocycles. The summed E-state index contributed by atoms with van der Waals surface area (Å²) < 4.78 is 0. The topological polar surface area (TPSA) is 67.5 Å². The molecule has 0 aromatic carbocycles. The summed E-state index contributed by atoms with van der Waals surface area (Å²) in [4.78, 5) is 2.20. The Morgan fingerprint density at radius 1 is 1.35 bits per heavy atom. The van der Waals surface area contributed by atoms with E-state index in [-0.39, 0.29) is 0 Å². The Morgan fingerprint density at radius 2 is 1.94 bits per heavy atom. The van der Waals surface area contributed by atoms with E-state index in [9.17, 15) is 15.3 Å². The van der Waals surface area contributed by atoms with Crippen molar-refractivity contribution in [3.63, 3.8) is 0 Å². The van der Waals surface area contributed by atoms with Crippen LogP contribution in [0.25, 0.3) is 0 Å². The van der Waals surface area contributed by atoms with Crippen molar-refractivity contribution < 1.29 is 10.0 Å². The Hall–Kier alpha value is -1.25. The number of likely N-dealkylation sites (tertiary alicyclic amines) is 1. The molecule has 0 amide bonds. The van der Waals surface area contributed by atoms with Crippen molar-refractivity contribution >= 4 is 7.12 Å². The fourth-order valence-electron chi connectivity index (χ4n) is 2.87. The molecule has 0 radical (unpaired) electrons. The van der Waals surface area contributed by atoms with Gasteiger partial charge in [-0.2, -0.15) is 5.26 Å². The van der Waals surface area contributed by atoms with Gasteiger partial charge in [0.15, 0.2) is 0 Å². The van der Waals surface area contributed by atoms with Crippen molar-refractivity contribution in [1.29, 1.82) is 5.26 Å². The lowest BCUT2D eigenvalue weighted by molar-refractivity contribution is 0.324. The van der Waals surface area contributed by atoms with Gasteiger partial charge < -0.3 is 14.9 Å². The second kappa shape index (κ2) is 4.21. The average Bonchev–Trinajstić information content (AvgIpc) is 2.82. The van der Waals surface area contributed by atoms with Crippen molar-refractivity contribution in [2.45, 2.75) is 26.7 Å². The highest BCUT2D eigenvalue weighted by Crippen LogP contribution is 2.45. The first-order valence-electron chi connectivity index (χ1n) is 5.96. The van der Waals surface area contributed by atoms with Crippen LogP contribution in [-0.4, -0.2) is 35.2 Å².